The lowest BCUT2D eigenvalue weighted by atomic mass is 9.91. The molecule has 0 fully saturated rings. The van der Waals surface area contributed by atoms with Crippen LogP contribution in [0.3, 0.4) is 0 Å². The number of methoxy groups -OCH3 is 1. The largest absolute Gasteiger partial charge is 0.489 e. The van der Waals surface area contributed by atoms with Crippen molar-refractivity contribution >= 4 is 22.1 Å². The van der Waals surface area contributed by atoms with E-state index in [1.54, 1.807) is 18.4 Å². The summed E-state index contributed by atoms with van der Waals surface area (Å²) in [5.41, 5.74) is 2.70. The Hall–Kier alpha value is -2.69. The van der Waals surface area contributed by atoms with Crippen molar-refractivity contribution in [3.63, 3.8) is 0 Å². The molecule has 1 aromatic heterocycles. The molecule has 0 radical (unpaired) electrons. The fraction of sp³-hybridized carbons (Fsp3) is 0.208. The highest BCUT2D eigenvalue weighted by atomic mass is 32.1. The van der Waals surface area contributed by atoms with Gasteiger partial charge in [-0.1, -0.05) is 48.5 Å². The Morgan fingerprint density at radius 1 is 1.00 bits per heavy atom. The third-order valence-corrected chi connectivity index (χ3v) is 6.23. The number of hydrogen-bond acceptors (Lipinski definition) is 4. The zero-order valence-electron chi connectivity index (χ0n) is 16.3. The first kappa shape index (κ1) is 18.7. The van der Waals surface area contributed by atoms with Gasteiger partial charge < -0.3 is 9.47 Å². The van der Waals surface area contributed by atoms with E-state index in [1.165, 1.54) is 10.8 Å². The number of benzene rings is 3. The van der Waals surface area contributed by atoms with Gasteiger partial charge in [0.15, 0.2) is 0 Å². The van der Waals surface area contributed by atoms with Crippen LogP contribution >= 0.6 is 11.3 Å². The number of nitrogens with zero attached hydrogens (tertiary/aromatic N) is 1. The maximum Gasteiger partial charge on any atom is 0.142 e. The normalized spacial score (nSPS) is 13.4. The van der Waals surface area contributed by atoms with E-state index in [-0.39, 0.29) is 0 Å². The molecule has 1 heterocycles. The van der Waals surface area contributed by atoms with Crippen LogP contribution < -0.4 is 4.74 Å². The molecular weight excluding hydrogens is 366 g/mol. The summed E-state index contributed by atoms with van der Waals surface area (Å²) >= 11 is 1.60. The highest BCUT2D eigenvalue weighted by Gasteiger charge is 2.33. The van der Waals surface area contributed by atoms with Gasteiger partial charge in [-0.2, -0.15) is 0 Å². The van der Waals surface area contributed by atoms with E-state index in [1.807, 2.05) is 23.7 Å². The second-order valence-electron chi connectivity index (χ2n) is 6.97. The lowest BCUT2D eigenvalue weighted by molar-refractivity contribution is 0.0381. The van der Waals surface area contributed by atoms with Crippen molar-refractivity contribution in [2.45, 2.75) is 26.1 Å². The van der Waals surface area contributed by atoms with Crippen molar-refractivity contribution in [3.8, 4) is 5.75 Å². The smallest absolute Gasteiger partial charge is 0.142 e. The van der Waals surface area contributed by atoms with Gasteiger partial charge in [-0.15, -0.1) is 11.3 Å². The number of ether oxygens (including phenoxy) is 2. The number of hydrogen-bond donors (Lipinski definition) is 0. The number of thiazole rings is 1. The van der Waals surface area contributed by atoms with E-state index in [9.17, 15) is 0 Å². The Labute approximate surface area is 169 Å². The summed E-state index contributed by atoms with van der Waals surface area (Å²) in [5, 5.41) is 5.38. The molecule has 0 spiro atoms. The van der Waals surface area contributed by atoms with E-state index in [4.69, 9.17) is 9.47 Å². The molecule has 3 aromatic carbocycles. The standard InChI is InChI=1S/C24H23NO2S/c1-17-21(24(2,26-3)23-25-13-14-28-23)9-6-10-22(17)27-16-18-11-12-19-7-4-5-8-20(19)15-18/h4-15H,16H2,1-3H3/t24-/m1/s1. The zero-order valence-corrected chi connectivity index (χ0v) is 17.1. The topological polar surface area (TPSA) is 31.4 Å². The minimum Gasteiger partial charge on any atom is -0.489 e. The van der Waals surface area contributed by atoms with Crippen LogP contribution in [0.5, 0.6) is 5.75 Å². The lowest BCUT2D eigenvalue weighted by Crippen LogP contribution is -2.27. The highest BCUT2D eigenvalue weighted by molar-refractivity contribution is 7.09. The van der Waals surface area contributed by atoms with Crippen molar-refractivity contribution in [3.05, 3.63) is 93.9 Å². The molecule has 0 N–H and O–H groups in total. The first-order valence-electron chi connectivity index (χ1n) is 9.27. The number of aromatic nitrogens is 1. The SMILES string of the molecule is CO[C@@](C)(c1nccs1)c1cccc(OCc2ccc3ccccc3c2)c1C. The molecule has 0 bridgehead atoms. The van der Waals surface area contributed by atoms with Gasteiger partial charge in [0.2, 0.25) is 0 Å². The molecule has 0 unspecified atom stereocenters. The quantitative estimate of drug-likeness (QED) is 0.400. The molecule has 0 saturated heterocycles. The minimum absolute atomic E-state index is 0.524. The third kappa shape index (κ3) is 3.41. The van der Waals surface area contributed by atoms with E-state index >= 15 is 0 Å². The maximum atomic E-state index is 6.20. The van der Waals surface area contributed by atoms with Crippen LogP contribution in [0.15, 0.2) is 72.2 Å². The van der Waals surface area contributed by atoms with Gasteiger partial charge in [0.1, 0.15) is 23.0 Å². The van der Waals surface area contributed by atoms with Crippen LogP contribution in [0.1, 0.15) is 28.6 Å². The predicted octanol–water partition coefficient (Wildman–Crippen LogP) is 6.09. The molecule has 4 aromatic rings. The molecule has 142 valence electrons. The van der Waals surface area contributed by atoms with Crippen LogP contribution in [-0.4, -0.2) is 12.1 Å². The second-order valence-corrected chi connectivity index (χ2v) is 7.87. The van der Waals surface area contributed by atoms with Crippen LogP contribution in [0.2, 0.25) is 0 Å². The highest BCUT2D eigenvalue weighted by Crippen LogP contribution is 2.38. The predicted molar refractivity (Wildman–Crippen MR) is 115 cm³/mol. The average molecular weight is 390 g/mol. The Morgan fingerprint density at radius 3 is 2.57 bits per heavy atom. The zero-order chi connectivity index (χ0) is 19.6. The van der Waals surface area contributed by atoms with E-state index < -0.39 is 5.60 Å². The second kappa shape index (κ2) is 7.74. The van der Waals surface area contributed by atoms with Crippen molar-refractivity contribution in [1.82, 2.24) is 4.98 Å². The monoisotopic (exact) mass is 389 g/mol. The van der Waals surface area contributed by atoms with Gasteiger partial charge in [-0.3, -0.25) is 0 Å². The molecule has 1 atom stereocenters. The summed E-state index contributed by atoms with van der Waals surface area (Å²) in [5.74, 6) is 0.866. The Balaban J connectivity index is 1.61. The summed E-state index contributed by atoms with van der Waals surface area (Å²) in [6.07, 6.45) is 1.81. The number of rotatable bonds is 6. The van der Waals surface area contributed by atoms with Gasteiger partial charge in [0, 0.05) is 18.7 Å². The van der Waals surface area contributed by atoms with Crippen LogP contribution in [0.4, 0.5) is 0 Å². The van der Waals surface area contributed by atoms with Crippen molar-refractivity contribution < 1.29 is 9.47 Å². The molecule has 0 aliphatic carbocycles. The van der Waals surface area contributed by atoms with Gasteiger partial charge in [-0.25, -0.2) is 4.98 Å². The summed E-state index contributed by atoms with van der Waals surface area (Å²) in [4.78, 5) is 4.48. The lowest BCUT2D eigenvalue weighted by Gasteiger charge is -2.29. The van der Waals surface area contributed by atoms with Crippen LogP contribution in [0.25, 0.3) is 10.8 Å². The molecule has 3 nitrogen and oxygen atoms in total. The molecule has 0 aliphatic heterocycles. The Morgan fingerprint density at radius 2 is 1.82 bits per heavy atom. The maximum absolute atomic E-state index is 6.20. The molecule has 0 amide bonds. The number of fused-ring (bicyclic) bond motifs is 1. The fourth-order valence-corrected chi connectivity index (χ4v) is 4.34. The Bertz CT molecular complexity index is 1090. The summed E-state index contributed by atoms with van der Waals surface area (Å²) in [7, 11) is 1.73. The Kier molecular flexibility index (Phi) is 5.16. The fourth-order valence-electron chi connectivity index (χ4n) is 3.55. The van der Waals surface area contributed by atoms with Crippen LogP contribution in [-0.2, 0) is 16.9 Å². The minimum atomic E-state index is -0.597. The van der Waals surface area contributed by atoms with Crippen LogP contribution in [0, 0.1) is 6.92 Å². The molecule has 4 rings (SSSR count). The van der Waals surface area contributed by atoms with Gasteiger partial charge in [0.05, 0.1) is 0 Å². The van der Waals surface area contributed by atoms with E-state index in [2.05, 4.69) is 67.4 Å². The van der Waals surface area contributed by atoms with Gasteiger partial charge >= 0.3 is 0 Å². The third-order valence-electron chi connectivity index (χ3n) is 5.25. The molecule has 4 heteroatoms. The van der Waals surface area contributed by atoms with Crippen molar-refractivity contribution in [1.29, 1.82) is 0 Å². The molecule has 0 aliphatic rings. The summed E-state index contributed by atoms with van der Waals surface area (Å²) < 4.78 is 12.1. The van der Waals surface area contributed by atoms with E-state index in [0.717, 1.165) is 27.4 Å². The first-order chi connectivity index (χ1) is 13.6. The summed E-state index contributed by atoms with van der Waals surface area (Å²) in [6, 6.07) is 20.9. The molecule has 0 saturated carbocycles. The van der Waals surface area contributed by atoms with Gasteiger partial charge in [0.25, 0.3) is 0 Å². The van der Waals surface area contributed by atoms with Gasteiger partial charge in [-0.05, 0) is 53.4 Å². The first-order valence-corrected chi connectivity index (χ1v) is 10.2. The summed E-state index contributed by atoms with van der Waals surface area (Å²) in [6.45, 7) is 4.66. The average Bonchev–Trinajstić information content (AvgIpc) is 3.28. The molecule has 28 heavy (non-hydrogen) atoms. The van der Waals surface area contributed by atoms with Crippen molar-refractivity contribution in [2.75, 3.05) is 7.11 Å². The van der Waals surface area contributed by atoms with Crippen molar-refractivity contribution in [2.24, 2.45) is 0 Å². The molecular formula is C24H23NO2S. The van der Waals surface area contributed by atoms with E-state index in [0.29, 0.717) is 6.61 Å².